The second-order valence-electron chi connectivity index (χ2n) is 2.94. The van der Waals surface area contributed by atoms with Crippen molar-refractivity contribution in [3.8, 4) is 0 Å². The molecule has 0 aromatic rings. The first kappa shape index (κ1) is 10.4. The molecule has 0 bridgehead atoms. The minimum Gasteiger partial charge on any atom is -0.469 e. The number of carbonyl (C=O) groups is 1. The van der Waals surface area contributed by atoms with Crippen molar-refractivity contribution < 1.29 is 9.53 Å². The Balaban J connectivity index is 4.19. The van der Waals surface area contributed by atoms with Crippen molar-refractivity contribution in [3.63, 3.8) is 0 Å². The monoisotopic (exact) mass is 159 g/mol. The van der Waals surface area contributed by atoms with Gasteiger partial charge in [-0.2, -0.15) is 0 Å². The van der Waals surface area contributed by atoms with Gasteiger partial charge in [0.2, 0.25) is 0 Å². The summed E-state index contributed by atoms with van der Waals surface area (Å²) >= 11 is 0. The van der Waals surface area contributed by atoms with Crippen molar-refractivity contribution in [3.05, 3.63) is 0 Å². The Kier molecular flexibility index (Phi) is 4.11. The number of hydrogen-bond acceptors (Lipinski definition) is 3. The van der Waals surface area contributed by atoms with Crippen molar-refractivity contribution in [2.24, 2.45) is 11.1 Å². The molecule has 1 unspecified atom stereocenters. The average Bonchev–Trinajstić information content (AvgIpc) is 2.03. The highest BCUT2D eigenvalue weighted by Gasteiger charge is 2.31. The standard InChI is InChI=1S/C8H17NO2/c1-4-8(2,5-6-9)7(10)11-3/h4-6,9H2,1-3H3. The molecular formula is C8H17NO2. The second-order valence-corrected chi connectivity index (χ2v) is 2.94. The van der Waals surface area contributed by atoms with Crippen molar-refractivity contribution >= 4 is 5.97 Å². The van der Waals surface area contributed by atoms with Crippen LogP contribution in [0, 0.1) is 5.41 Å². The fourth-order valence-corrected chi connectivity index (χ4v) is 0.988. The molecule has 0 heterocycles. The van der Waals surface area contributed by atoms with Crippen LogP contribution in [0.25, 0.3) is 0 Å². The van der Waals surface area contributed by atoms with Crippen LogP contribution in [-0.4, -0.2) is 19.6 Å². The molecule has 1 atom stereocenters. The van der Waals surface area contributed by atoms with Crippen LogP contribution in [0.5, 0.6) is 0 Å². The van der Waals surface area contributed by atoms with Gasteiger partial charge < -0.3 is 10.5 Å². The lowest BCUT2D eigenvalue weighted by molar-refractivity contribution is -0.152. The summed E-state index contributed by atoms with van der Waals surface area (Å²) in [5.74, 6) is -0.162. The van der Waals surface area contributed by atoms with Gasteiger partial charge in [0.15, 0.2) is 0 Å². The summed E-state index contributed by atoms with van der Waals surface area (Å²) in [5, 5.41) is 0. The Labute approximate surface area is 67.9 Å². The van der Waals surface area contributed by atoms with E-state index in [4.69, 9.17) is 5.73 Å². The lowest BCUT2D eigenvalue weighted by Crippen LogP contribution is -2.30. The topological polar surface area (TPSA) is 52.3 Å². The van der Waals surface area contributed by atoms with Crippen LogP contribution < -0.4 is 5.73 Å². The van der Waals surface area contributed by atoms with E-state index in [9.17, 15) is 4.79 Å². The number of hydrogen-bond donors (Lipinski definition) is 1. The highest BCUT2D eigenvalue weighted by atomic mass is 16.5. The lowest BCUT2D eigenvalue weighted by atomic mass is 9.84. The minimum absolute atomic E-state index is 0.162. The normalized spacial score (nSPS) is 15.6. The number of ether oxygens (including phenoxy) is 1. The molecule has 0 saturated carbocycles. The zero-order valence-corrected chi connectivity index (χ0v) is 7.52. The number of esters is 1. The van der Waals surface area contributed by atoms with E-state index in [2.05, 4.69) is 4.74 Å². The third-order valence-corrected chi connectivity index (χ3v) is 2.15. The van der Waals surface area contributed by atoms with E-state index in [1.54, 1.807) is 0 Å². The average molecular weight is 159 g/mol. The van der Waals surface area contributed by atoms with Crippen molar-refractivity contribution in [2.75, 3.05) is 13.7 Å². The smallest absolute Gasteiger partial charge is 0.311 e. The molecule has 66 valence electrons. The van der Waals surface area contributed by atoms with E-state index in [0.29, 0.717) is 13.0 Å². The SMILES string of the molecule is CCC(C)(CCN)C(=O)OC. The van der Waals surface area contributed by atoms with Gasteiger partial charge in [-0.3, -0.25) is 4.79 Å². The maximum Gasteiger partial charge on any atom is 0.311 e. The summed E-state index contributed by atoms with van der Waals surface area (Å²) in [7, 11) is 1.41. The van der Waals surface area contributed by atoms with Crippen LogP contribution in [0.4, 0.5) is 0 Å². The molecular weight excluding hydrogens is 142 g/mol. The predicted octanol–water partition coefficient (Wildman–Crippen LogP) is 0.924. The molecule has 0 aliphatic rings. The molecule has 0 aromatic carbocycles. The Bertz CT molecular complexity index is 136. The van der Waals surface area contributed by atoms with Crippen LogP contribution in [0.1, 0.15) is 26.7 Å². The molecule has 11 heavy (non-hydrogen) atoms. The lowest BCUT2D eigenvalue weighted by Gasteiger charge is -2.23. The third-order valence-electron chi connectivity index (χ3n) is 2.15. The van der Waals surface area contributed by atoms with Crippen LogP contribution in [-0.2, 0) is 9.53 Å². The van der Waals surface area contributed by atoms with Crippen LogP contribution in [0.3, 0.4) is 0 Å². The molecule has 0 rings (SSSR count). The highest BCUT2D eigenvalue weighted by molar-refractivity contribution is 5.76. The molecule has 0 spiro atoms. The van der Waals surface area contributed by atoms with Gasteiger partial charge >= 0.3 is 5.97 Å². The summed E-state index contributed by atoms with van der Waals surface area (Å²) < 4.78 is 4.66. The fraction of sp³-hybridized carbons (Fsp3) is 0.875. The Hall–Kier alpha value is -0.570. The van der Waals surface area contributed by atoms with Crippen LogP contribution in [0.2, 0.25) is 0 Å². The number of rotatable bonds is 4. The Morgan fingerprint density at radius 2 is 2.18 bits per heavy atom. The maximum absolute atomic E-state index is 11.2. The quantitative estimate of drug-likeness (QED) is 0.621. The maximum atomic E-state index is 11.2. The number of methoxy groups -OCH3 is 1. The molecule has 0 fully saturated rings. The van der Waals surface area contributed by atoms with Crippen LogP contribution in [0.15, 0.2) is 0 Å². The molecule has 0 saturated heterocycles. The van der Waals surface area contributed by atoms with Gasteiger partial charge in [-0.1, -0.05) is 6.92 Å². The summed E-state index contributed by atoms with van der Waals surface area (Å²) in [6.45, 7) is 4.37. The third kappa shape index (κ3) is 2.50. The molecule has 0 aliphatic carbocycles. The molecule has 0 aliphatic heterocycles. The van der Waals surface area contributed by atoms with E-state index in [1.807, 2.05) is 13.8 Å². The van der Waals surface area contributed by atoms with Crippen LogP contribution >= 0.6 is 0 Å². The zero-order valence-electron chi connectivity index (χ0n) is 7.52. The summed E-state index contributed by atoms with van der Waals surface area (Å²) in [6, 6.07) is 0. The van der Waals surface area contributed by atoms with Crippen molar-refractivity contribution in [2.45, 2.75) is 26.7 Å². The van der Waals surface area contributed by atoms with Gasteiger partial charge in [-0.05, 0) is 26.3 Å². The second kappa shape index (κ2) is 4.34. The van der Waals surface area contributed by atoms with E-state index in [0.717, 1.165) is 6.42 Å². The fourth-order valence-electron chi connectivity index (χ4n) is 0.988. The molecule has 3 heteroatoms. The first-order valence-electron chi connectivity index (χ1n) is 3.89. The Morgan fingerprint density at radius 1 is 1.64 bits per heavy atom. The summed E-state index contributed by atoms with van der Waals surface area (Å²) in [4.78, 5) is 11.2. The first-order valence-corrected chi connectivity index (χ1v) is 3.89. The van der Waals surface area contributed by atoms with Gasteiger partial charge in [0.05, 0.1) is 12.5 Å². The van der Waals surface area contributed by atoms with Gasteiger partial charge in [-0.15, -0.1) is 0 Å². The first-order chi connectivity index (χ1) is 5.10. The number of nitrogens with two attached hydrogens (primary N) is 1. The molecule has 2 N–H and O–H groups in total. The van der Waals surface area contributed by atoms with Crippen molar-refractivity contribution in [1.82, 2.24) is 0 Å². The summed E-state index contributed by atoms with van der Waals surface area (Å²) in [5.41, 5.74) is 4.99. The van der Waals surface area contributed by atoms with E-state index >= 15 is 0 Å². The van der Waals surface area contributed by atoms with Gasteiger partial charge in [-0.25, -0.2) is 0 Å². The van der Waals surface area contributed by atoms with Gasteiger partial charge in [0, 0.05) is 0 Å². The molecule has 3 nitrogen and oxygen atoms in total. The van der Waals surface area contributed by atoms with E-state index < -0.39 is 0 Å². The largest absolute Gasteiger partial charge is 0.469 e. The Morgan fingerprint density at radius 3 is 2.45 bits per heavy atom. The van der Waals surface area contributed by atoms with E-state index in [-0.39, 0.29) is 11.4 Å². The van der Waals surface area contributed by atoms with Crippen molar-refractivity contribution in [1.29, 1.82) is 0 Å². The molecule has 0 amide bonds. The van der Waals surface area contributed by atoms with E-state index in [1.165, 1.54) is 7.11 Å². The molecule has 0 aromatic heterocycles. The van der Waals surface area contributed by atoms with Gasteiger partial charge in [0.1, 0.15) is 0 Å². The number of carbonyl (C=O) groups excluding carboxylic acids is 1. The molecule has 0 radical (unpaired) electrons. The highest BCUT2D eigenvalue weighted by Crippen LogP contribution is 2.26. The minimum atomic E-state index is -0.385. The summed E-state index contributed by atoms with van der Waals surface area (Å²) in [6.07, 6.45) is 1.47. The van der Waals surface area contributed by atoms with Gasteiger partial charge in [0.25, 0.3) is 0 Å². The predicted molar refractivity (Wildman–Crippen MR) is 44.1 cm³/mol. The zero-order chi connectivity index (χ0) is 8.91.